The van der Waals surface area contributed by atoms with Crippen molar-refractivity contribution in [2.24, 2.45) is 0 Å². The van der Waals surface area contributed by atoms with E-state index in [1.54, 1.807) is 11.3 Å². The van der Waals surface area contributed by atoms with E-state index in [1.807, 2.05) is 18.4 Å². The van der Waals surface area contributed by atoms with Gasteiger partial charge in [-0.25, -0.2) is 0 Å². The van der Waals surface area contributed by atoms with Gasteiger partial charge in [0.25, 0.3) is 0 Å². The average Bonchev–Trinajstić information content (AvgIpc) is 2.45. The molecule has 13 heavy (non-hydrogen) atoms. The van der Waals surface area contributed by atoms with Gasteiger partial charge in [0.05, 0.1) is 5.00 Å². The van der Waals surface area contributed by atoms with Crippen LogP contribution in [0.15, 0.2) is 11.4 Å². The van der Waals surface area contributed by atoms with Crippen LogP contribution in [0.5, 0.6) is 0 Å². The van der Waals surface area contributed by atoms with Crippen molar-refractivity contribution in [3.63, 3.8) is 0 Å². The first-order chi connectivity index (χ1) is 6.20. The largest absolute Gasteiger partial charge is 0.481 e. The molecule has 0 saturated carbocycles. The van der Waals surface area contributed by atoms with Crippen molar-refractivity contribution in [1.82, 2.24) is 0 Å². The maximum Gasteiger partial charge on any atom is 0.303 e. The Kier molecular flexibility index (Phi) is 3.76. The summed E-state index contributed by atoms with van der Waals surface area (Å²) < 4.78 is 0. The molecule has 1 rings (SSSR count). The minimum absolute atomic E-state index is 0.234. The highest BCUT2D eigenvalue weighted by molar-refractivity contribution is 7.14. The molecular formula is C9H13NO2S. The molecule has 0 spiro atoms. The number of aliphatic carboxylic acids is 1. The van der Waals surface area contributed by atoms with Crippen LogP contribution in [-0.4, -0.2) is 17.6 Å². The third kappa shape index (κ3) is 3.46. The Morgan fingerprint density at radius 3 is 3.00 bits per heavy atom. The Morgan fingerprint density at radius 1 is 1.69 bits per heavy atom. The van der Waals surface area contributed by atoms with Crippen molar-refractivity contribution in [3.05, 3.63) is 17.0 Å². The van der Waals surface area contributed by atoms with Crippen LogP contribution in [-0.2, 0) is 4.79 Å². The first-order valence-corrected chi connectivity index (χ1v) is 5.08. The Balaban J connectivity index is 2.20. The quantitative estimate of drug-likeness (QED) is 0.715. The van der Waals surface area contributed by atoms with E-state index in [0.717, 1.165) is 11.5 Å². The number of carboxylic acid groups (broad SMARTS) is 1. The van der Waals surface area contributed by atoms with Crippen LogP contribution in [0.4, 0.5) is 5.00 Å². The maximum atomic E-state index is 10.2. The standard InChI is InChI=1S/C9H13NO2S/c1-7-4-6-13-9(7)10-5-2-3-8(11)12/h4,6,10H,2-3,5H2,1H3,(H,11,12). The van der Waals surface area contributed by atoms with E-state index in [9.17, 15) is 4.79 Å². The van der Waals surface area contributed by atoms with Crippen molar-refractivity contribution in [2.45, 2.75) is 19.8 Å². The fourth-order valence-electron chi connectivity index (χ4n) is 0.995. The zero-order valence-electron chi connectivity index (χ0n) is 7.54. The molecule has 0 amide bonds. The van der Waals surface area contributed by atoms with Crippen LogP contribution < -0.4 is 5.32 Å². The third-order valence-corrected chi connectivity index (χ3v) is 2.69. The van der Waals surface area contributed by atoms with E-state index in [-0.39, 0.29) is 6.42 Å². The van der Waals surface area contributed by atoms with Crippen LogP contribution in [0, 0.1) is 6.92 Å². The maximum absolute atomic E-state index is 10.2. The first kappa shape index (κ1) is 10.1. The second-order valence-corrected chi connectivity index (χ2v) is 3.77. The van der Waals surface area contributed by atoms with Gasteiger partial charge in [-0.3, -0.25) is 4.79 Å². The van der Waals surface area contributed by atoms with Crippen LogP contribution in [0.25, 0.3) is 0 Å². The zero-order chi connectivity index (χ0) is 9.68. The predicted molar refractivity (Wildman–Crippen MR) is 54.4 cm³/mol. The molecule has 0 fully saturated rings. The fraction of sp³-hybridized carbons (Fsp3) is 0.444. The molecule has 0 atom stereocenters. The fourth-order valence-corrected chi connectivity index (χ4v) is 1.84. The molecule has 0 saturated heterocycles. The van der Waals surface area contributed by atoms with E-state index in [4.69, 9.17) is 5.11 Å². The molecule has 0 aliphatic rings. The predicted octanol–water partition coefficient (Wildman–Crippen LogP) is 2.33. The number of anilines is 1. The molecule has 1 heterocycles. The van der Waals surface area contributed by atoms with E-state index >= 15 is 0 Å². The molecule has 0 radical (unpaired) electrons. The molecule has 0 unspecified atom stereocenters. The van der Waals surface area contributed by atoms with E-state index in [0.29, 0.717) is 6.42 Å². The lowest BCUT2D eigenvalue weighted by Crippen LogP contribution is -2.04. The summed E-state index contributed by atoms with van der Waals surface area (Å²) in [5.74, 6) is -0.732. The molecule has 0 aliphatic heterocycles. The lowest BCUT2D eigenvalue weighted by molar-refractivity contribution is -0.137. The van der Waals surface area contributed by atoms with Gasteiger partial charge >= 0.3 is 5.97 Å². The van der Waals surface area contributed by atoms with Gasteiger partial charge in [-0.1, -0.05) is 0 Å². The Bertz CT molecular complexity index is 283. The summed E-state index contributed by atoms with van der Waals surface area (Å²) in [7, 11) is 0. The van der Waals surface area contributed by atoms with E-state index in [1.165, 1.54) is 5.56 Å². The molecule has 2 N–H and O–H groups in total. The summed E-state index contributed by atoms with van der Waals surface area (Å²) in [5, 5.41) is 14.8. The smallest absolute Gasteiger partial charge is 0.303 e. The number of nitrogens with one attached hydrogen (secondary N) is 1. The molecule has 0 bridgehead atoms. The Hall–Kier alpha value is -1.03. The van der Waals surface area contributed by atoms with Gasteiger partial charge in [0.1, 0.15) is 0 Å². The molecule has 1 aromatic rings. The zero-order valence-corrected chi connectivity index (χ0v) is 8.36. The van der Waals surface area contributed by atoms with Crippen molar-refractivity contribution in [2.75, 3.05) is 11.9 Å². The van der Waals surface area contributed by atoms with Crippen LogP contribution in [0.2, 0.25) is 0 Å². The molecule has 4 heteroatoms. The molecule has 72 valence electrons. The molecule has 0 aliphatic carbocycles. The number of carbonyl (C=O) groups is 1. The van der Waals surface area contributed by atoms with Gasteiger partial charge in [-0.05, 0) is 30.4 Å². The number of thiophene rings is 1. The van der Waals surface area contributed by atoms with Crippen LogP contribution in [0.3, 0.4) is 0 Å². The van der Waals surface area contributed by atoms with Crippen molar-refractivity contribution < 1.29 is 9.90 Å². The summed E-state index contributed by atoms with van der Waals surface area (Å²) >= 11 is 1.65. The number of hydrogen-bond acceptors (Lipinski definition) is 3. The SMILES string of the molecule is Cc1ccsc1NCCCC(=O)O. The normalized spacial score (nSPS) is 9.92. The number of carboxylic acids is 1. The monoisotopic (exact) mass is 199 g/mol. The molecule has 0 aromatic carbocycles. The molecular weight excluding hydrogens is 186 g/mol. The second-order valence-electron chi connectivity index (χ2n) is 2.86. The van der Waals surface area contributed by atoms with Crippen molar-refractivity contribution in [1.29, 1.82) is 0 Å². The summed E-state index contributed by atoms with van der Waals surface area (Å²) in [6, 6.07) is 2.05. The molecule has 1 aromatic heterocycles. The first-order valence-electron chi connectivity index (χ1n) is 4.20. The van der Waals surface area contributed by atoms with Crippen molar-refractivity contribution >= 4 is 22.3 Å². The third-order valence-electron chi connectivity index (χ3n) is 1.72. The minimum atomic E-state index is -0.732. The van der Waals surface area contributed by atoms with E-state index in [2.05, 4.69) is 5.32 Å². The van der Waals surface area contributed by atoms with E-state index < -0.39 is 5.97 Å². The van der Waals surface area contributed by atoms with Gasteiger partial charge in [-0.15, -0.1) is 11.3 Å². The Morgan fingerprint density at radius 2 is 2.46 bits per heavy atom. The topological polar surface area (TPSA) is 49.3 Å². The lowest BCUT2D eigenvalue weighted by atomic mass is 10.3. The van der Waals surface area contributed by atoms with Gasteiger partial charge in [0.15, 0.2) is 0 Å². The molecule has 3 nitrogen and oxygen atoms in total. The van der Waals surface area contributed by atoms with Crippen molar-refractivity contribution in [3.8, 4) is 0 Å². The minimum Gasteiger partial charge on any atom is -0.481 e. The second kappa shape index (κ2) is 4.87. The highest BCUT2D eigenvalue weighted by Crippen LogP contribution is 2.21. The highest BCUT2D eigenvalue weighted by atomic mass is 32.1. The van der Waals surface area contributed by atoms with Gasteiger partial charge in [0, 0.05) is 13.0 Å². The number of hydrogen-bond donors (Lipinski definition) is 2. The number of aryl methyl sites for hydroxylation is 1. The summed E-state index contributed by atoms with van der Waals surface area (Å²) in [5.41, 5.74) is 1.22. The average molecular weight is 199 g/mol. The lowest BCUT2D eigenvalue weighted by Gasteiger charge is -2.02. The summed E-state index contributed by atoms with van der Waals surface area (Å²) in [4.78, 5) is 10.2. The Labute approximate surface area is 81.4 Å². The van der Waals surface area contributed by atoms with Crippen LogP contribution in [0.1, 0.15) is 18.4 Å². The van der Waals surface area contributed by atoms with Gasteiger partial charge in [-0.2, -0.15) is 0 Å². The summed E-state index contributed by atoms with van der Waals surface area (Å²) in [6.07, 6.45) is 0.907. The van der Waals surface area contributed by atoms with Gasteiger partial charge in [0.2, 0.25) is 0 Å². The number of rotatable bonds is 5. The van der Waals surface area contributed by atoms with Crippen LogP contribution >= 0.6 is 11.3 Å². The summed E-state index contributed by atoms with van der Waals surface area (Å²) in [6.45, 7) is 2.77. The van der Waals surface area contributed by atoms with Gasteiger partial charge < -0.3 is 10.4 Å². The highest BCUT2D eigenvalue weighted by Gasteiger charge is 1.99.